The van der Waals surface area contributed by atoms with Crippen LogP contribution in [0.2, 0.25) is 0 Å². The van der Waals surface area contributed by atoms with Crippen molar-refractivity contribution < 1.29 is 5.11 Å². The number of hydrogen-bond donors (Lipinski definition) is 1. The van der Waals surface area contributed by atoms with Gasteiger partial charge in [0.25, 0.3) is 0 Å². The zero-order valence-corrected chi connectivity index (χ0v) is 13.1. The van der Waals surface area contributed by atoms with Crippen LogP contribution < -0.4 is 0 Å². The molecule has 0 aliphatic heterocycles. The summed E-state index contributed by atoms with van der Waals surface area (Å²) in [4.78, 5) is 0. The molecule has 1 unspecified atom stereocenters. The summed E-state index contributed by atoms with van der Waals surface area (Å²) in [5.74, 6) is 0. The van der Waals surface area contributed by atoms with E-state index in [-0.39, 0.29) is 0 Å². The summed E-state index contributed by atoms with van der Waals surface area (Å²) in [7, 11) is 1.92. The molecule has 0 fully saturated rings. The Balaban J connectivity index is 2.30. The van der Waals surface area contributed by atoms with Gasteiger partial charge in [0.15, 0.2) is 0 Å². The van der Waals surface area contributed by atoms with Gasteiger partial charge in [0.05, 0.1) is 11.3 Å². The minimum atomic E-state index is -0.918. The Kier molecular flexibility index (Phi) is 4.11. The van der Waals surface area contributed by atoms with Crippen LogP contribution in [-0.2, 0) is 25.5 Å². The standard InChI is InChI=1S/C15H19BrN2O/c1-4-11-9-12(18(3)17-11)10-15(2,19)13-7-5-6-8-14(13)16/h5-9,19H,4,10H2,1-3H3. The molecule has 0 aliphatic carbocycles. The Morgan fingerprint density at radius 3 is 2.63 bits per heavy atom. The average Bonchev–Trinajstić information content (AvgIpc) is 2.70. The molecular weight excluding hydrogens is 304 g/mol. The highest BCUT2D eigenvalue weighted by Crippen LogP contribution is 2.31. The van der Waals surface area contributed by atoms with E-state index in [9.17, 15) is 5.11 Å². The molecule has 4 heteroatoms. The summed E-state index contributed by atoms with van der Waals surface area (Å²) in [5, 5.41) is 15.2. The van der Waals surface area contributed by atoms with Crippen molar-refractivity contribution in [2.45, 2.75) is 32.3 Å². The summed E-state index contributed by atoms with van der Waals surface area (Å²) in [6, 6.07) is 9.84. The predicted molar refractivity (Wildman–Crippen MR) is 80.0 cm³/mol. The molecule has 0 saturated carbocycles. The largest absolute Gasteiger partial charge is 0.385 e. The third-order valence-corrected chi connectivity index (χ3v) is 4.06. The van der Waals surface area contributed by atoms with E-state index in [0.717, 1.165) is 27.8 Å². The highest BCUT2D eigenvalue weighted by Gasteiger charge is 2.27. The van der Waals surface area contributed by atoms with Gasteiger partial charge in [-0.1, -0.05) is 41.1 Å². The molecule has 1 aromatic heterocycles. The number of aromatic nitrogens is 2. The van der Waals surface area contributed by atoms with E-state index >= 15 is 0 Å². The maximum absolute atomic E-state index is 10.8. The number of halogens is 1. The van der Waals surface area contributed by atoms with Crippen molar-refractivity contribution in [2.75, 3.05) is 0 Å². The van der Waals surface area contributed by atoms with E-state index in [1.54, 1.807) is 0 Å². The van der Waals surface area contributed by atoms with Crippen LogP contribution in [0.1, 0.15) is 30.8 Å². The molecule has 2 rings (SSSR count). The summed E-state index contributed by atoms with van der Waals surface area (Å²) >= 11 is 3.50. The lowest BCUT2D eigenvalue weighted by Crippen LogP contribution is -2.26. The van der Waals surface area contributed by atoms with Crippen LogP contribution in [0.25, 0.3) is 0 Å². The summed E-state index contributed by atoms with van der Waals surface area (Å²) in [5.41, 5.74) is 2.08. The normalized spacial score (nSPS) is 14.4. The molecular formula is C15H19BrN2O. The van der Waals surface area contributed by atoms with Gasteiger partial charge in [0.2, 0.25) is 0 Å². The van der Waals surface area contributed by atoms with Gasteiger partial charge < -0.3 is 5.11 Å². The zero-order valence-electron chi connectivity index (χ0n) is 11.5. The first-order valence-corrected chi connectivity index (χ1v) is 7.22. The molecule has 3 nitrogen and oxygen atoms in total. The Labute approximate surface area is 122 Å². The fourth-order valence-corrected chi connectivity index (χ4v) is 2.97. The Morgan fingerprint density at radius 1 is 1.37 bits per heavy atom. The number of rotatable bonds is 4. The molecule has 0 radical (unpaired) electrons. The number of benzene rings is 1. The number of aliphatic hydroxyl groups is 1. The molecule has 2 aromatic rings. The molecule has 1 N–H and O–H groups in total. The van der Waals surface area contributed by atoms with Crippen molar-refractivity contribution in [3.05, 3.63) is 51.8 Å². The van der Waals surface area contributed by atoms with Gasteiger partial charge >= 0.3 is 0 Å². The van der Waals surface area contributed by atoms with Gasteiger partial charge in [-0.2, -0.15) is 5.10 Å². The first-order valence-electron chi connectivity index (χ1n) is 6.43. The lowest BCUT2D eigenvalue weighted by Gasteiger charge is -2.25. The number of nitrogens with zero attached hydrogens (tertiary/aromatic N) is 2. The van der Waals surface area contributed by atoms with Gasteiger partial charge in [-0.25, -0.2) is 0 Å². The van der Waals surface area contributed by atoms with Crippen LogP contribution in [0.15, 0.2) is 34.8 Å². The summed E-state index contributed by atoms with van der Waals surface area (Å²) in [6.45, 7) is 3.92. The van der Waals surface area contributed by atoms with Gasteiger partial charge in [-0.05, 0) is 31.0 Å². The Morgan fingerprint density at radius 2 is 2.05 bits per heavy atom. The third-order valence-electron chi connectivity index (χ3n) is 3.37. The van der Waals surface area contributed by atoms with Crippen LogP contribution in [0.5, 0.6) is 0 Å². The smallest absolute Gasteiger partial charge is 0.0934 e. The maximum Gasteiger partial charge on any atom is 0.0934 e. The van der Waals surface area contributed by atoms with E-state index in [1.807, 2.05) is 42.9 Å². The van der Waals surface area contributed by atoms with Crippen LogP contribution in [0.3, 0.4) is 0 Å². The topological polar surface area (TPSA) is 38.0 Å². The van der Waals surface area contributed by atoms with E-state index in [2.05, 4.69) is 34.0 Å². The van der Waals surface area contributed by atoms with Gasteiger partial charge in [0.1, 0.15) is 0 Å². The van der Waals surface area contributed by atoms with E-state index in [1.165, 1.54) is 0 Å². The Bertz CT molecular complexity index is 575. The fraction of sp³-hybridized carbons (Fsp3) is 0.400. The molecule has 0 aliphatic rings. The van der Waals surface area contributed by atoms with Crippen molar-refractivity contribution in [1.29, 1.82) is 0 Å². The van der Waals surface area contributed by atoms with E-state index < -0.39 is 5.60 Å². The summed E-state index contributed by atoms with van der Waals surface area (Å²) in [6.07, 6.45) is 1.45. The van der Waals surface area contributed by atoms with E-state index in [0.29, 0.717) is 6.42 Å². The lowest BCUT2D eigenvalue weighted by atomic mass is 9.91. The second kappa shape index (κ2) is 5.47. The molecule has 1 aromatic carbocycles. The van der Waals surface area contributed by atoms with Crippen LogP contribution in [0.4, 0.5) is 0 Å². The molecule has 0 bridgehead atoms. The van der Waals surface area contributed by atoms with E-state index in [4.69, 9.17) is 0 Å². The summed E-state index contributed by atoms with van der Waals surface area (Å²) < 4.78 is 2.78. The molecule has 19 heavy (non-hydrogen) atoms. The third kappa shape index (κ3) is 3.07. The first kappa shape index (κ1) is 14.3. The maximum atomic E-state index is 10.8. The molecule has 0 spiro atoms. The first-order chi connectivity index (χ1) is 8.94. The fourth-order valence-electron chi connectivity index (χ4n) is 2.26. The minimum absolute atomic E-state index is 0.541. The minimum Gasteiger partial charge on any atom is -0.385 e. The second-order valence-electron chi connectivity index (χ2n) is 5.03. The number of aryl methyl sites for hydroxylation is 2. The molecule has 102 valence electrons. The van der Waals surface area contributed by atoms with Gasteiger partial charge in [-0.15, -0.1) is 0 Å². The van der Waals surface area contributed by atoms with Gasteiger partial charge in [0, 0.05) is 23.6 Å². The van der Waals surface area contributed by atoms with Crippen molar-refractivity contribution in [2.24, 2.45) is 7.05 Å². The highest BCUT2D eigenvalue weighted by molar-refractivity contribution is 9.10. The SMILES string of the molecule is CCc1cc(CC(C)(O)c2ccccc2Br)n(C)n1. The van der Waals surface area contributed by atoms with Crippen molar-refractivity contribution in [3.8, 4) is 0 Å². The molecule has 1 heterocycles. The van der Waals surface area contributed by atoms with Gasteiger partial charge in [-0.3, -0.25) is 4.68 Å². The van der Waals surface area contributed by atoms with Crippen LogP contribution in [0, 0.1) is 0 Å². The van der Waals surface area contributed by atoms with Crippen LogP contribution >= 0.6 is 15.9 Å². The Hall–Kier alpha value is -1.13. The van der Waals surface area contributed by atoms with Crippen molar-refractivity contribution in [1.82, 2.24) is 9.78 Å². The molecule has 0 saturated heterocycles. The van der Waals surface area contributed by atoms with Crippen LogP contribution in [-0.4, -0.2) is 14.9 Å². The zero-order chi connectivity index (χ0) is 14.0. The predicted octanol–water partition coefficient (Wildman–Crippen LogP) is 3.20. The molecule has 0 amide bonds. The highest BCUT2D eigenvalue weighted by atomic mass is 79.9. The van der Waals surface area contributed by atoms with Crippen molar-refractivity contribution >= 4 is 15.9 Å². The van der Waals surface area contributed by atoms with Crippen molar-refractivity contribution in [3.63, 3.8) is 0 Å². The molecule has 1 atom stereocenters. The number of hydrogen-bond acceptors (Lipinski definition) is 2. The lowest BCUT2D eigenvalue weighted by molar-refractivity contribution is 0.0549. The second-order valence-corrected chi connectivity index (χ2v) is 5.89. The quantitative estimate of drug-likeness (QED) is 0.938. The monoisotopic (exact) mass is 322 g/mol. The average molecular weight is 323 g/mol.